The summed E-state index contributed by atoms with van der Waals surface area (Å²) in [4.78, 5) is 22.2. The monoisotopic (exact) mass is 237 g/mol. The van der Waals surface area contributed by atoms with Gasteiger partial charge in [0.25, 0.3) is 0 Å². The van der Waals surface area contributed by atoms with Crippen LogP contribution < -0.4 is 5.32 Å². The highest BCUT2D eigenvalue weighted by Crippen LogP contribution is 2.24. The number of hydrogen-bond acceptors (Lipinski definition) is 2. The van der Waals surface area contributed by atoms with Gasteiger partial charge in [0.15, 0.2) is 0 Å². The number of nitrogens with one attached hydrogen (secondary N) is 1. The lowest BCUT2D eigenvalue weighted by Gasteiger charge is -2.26. The summed E-state index contributed by atoms with van der Waals surface area (Å²) in [5, 5.41) is 11.7. The van der Waals surface area contributed by atoms with E-state index in [1.54, 1.807) is 12.2 Å². The summed E-state index contributed by atoms with van der Waals surface area (Å²) in [6.45, 7) is 1.88. The van der Waals surface area contributed by atoms with E-state index in [4.69, 9.17) is 5.11 Å². The second-order valence-corrected chi connectivity index (χ2v) is 4.28. The van der Waals surface area contributed by atoms with Gasteiger partial charge < -0.3 is 10.4 Å². The molecule has 0 bridgehead atoms. The van der Waals surface area contributed by atoms with Gasteiger partial charge in [0.1, 0.15) is 0 Å². The van der Waals surface area contributed by atoms with Crippen LogP contribution in [-0.4, -0.2) is 23.0 Å². The topological polar surface area (TPSA) is 66.4 Å². The van der Waals surface area contributed by atoms with Gasteiger partial charge in [0.2, 0.25) is 5.91 Å². The van der Waals surface area contributed by atoms with E-state index < -0.39 is 5.97 Å². The van der Waals surface area contributed by atoms with Crippen LogP contribution in [0.3, 0.4) is 0 Å². The van der Waals surface area contributed by atoms with Crippen molar-refractivity contribution < 1.29 is 14.7 Å². The van der Waals surface area contributed by atoms with Crippen molar-refractivity contribution in [2.24, 2.45) is 5.92 Å². The van der Waals surface area contributed by atoms with E-state index in [1.807, 2.05) is 13.0 Å². The van der Waals surface area contributed by atoms with Crippen molar-refractivity contribution >= 4 is 11.9 Å². The number of carboxylic acids is 1. The minimum atomic E-state index is -0.720. The van der Waals surface area contributed by atoms with E-state index in [0.717, 1.165) is 12.8 Å². The Labute approximate surface area is 101 Å². The van der Waals surface area contributed by atoms with Gasteiger partial charge in [-0.25, -0.2) is 0 Å². The number of hydrogen-bond donors (Lipinski definition) is 2. The lowest BCUT2D eigenvalue weighted by Crippen LogP contribution is -2.37. The van der Waals surface area contributed by atoms with Crippen LogP contribution >= 0.6 is 0 Å². The Hall–Kier alpha value is -1.58. The van der Waals surface area contributed by atoms with E-state index in [9.17, 15) is 9.59 Å². The number of aliphatic carboxylic acids is 1. The molecule has 0 spiro atoms. The lowest BCUT2D eigenvalue weighted by molar-refractivity contribution is -0.142. The minimum Gasteiger partial charge on any atom is -0.481 e. The molecule has 94 valence electrons. The van der Waals surface area contributed by atoms with Crippen molar-refractivity contribution in [2.45, 2.75) is 38.6 Å². The van der Waals surface area contributed by atoms with Crippen LogP contribution in [0.15, 0.2) is 24.3 Å². The summed E-state index contributed by atoms with van der Waals surface area (Å²) >= 11 is 0. The Bertz CT molecular complexity index is 326. The number of rotatable bonds is 4. The van der Waals surface area contributed by atoms with Crippen LogP contribution in [0.4, 0.5) is 0 Å². The number of amides is 1. The molecule has 0 aromatic heterocycles. The van der Waals surface area contributed by atoms with Crippen LogP contribution in [0, 0.1) is 5.92 Å². The number of carbonyl (C=O) groups is 2. The average Bonchev–Trinajstić information content (AvgIpc) is 2.30. The molecule has 0 radical (unpaired) electrons. The summed E-state index contributed by atoms with van der Waals surface area (Å²) in [6, 6.07) is 0.119. The van der Waals surface area contributed by atoms with Crippen LogP contribution in [0.5, 0.6) is 0 Å². The van der Waals surface area contributed by atoms with Crippen molar-refractivity contribution in [1.82, 2.24) is 5.32 Å². The Morgan fingerprint density at radius 1 is 1.18 bits per heavy atom. The zero-order valence-electron chi connectivity index (χ0n) is 10.1. The molecule has 4 nitrogen and oxygen atoms in total. The van der Waals surface area contributed by atoms with Gasteiger partial charge in [-0.05, 0) is 32.6 Å². The molecule has 0 aliphatic heterocycles. The smallest absolute Gasteiger partial charge is 0.306 e. The predicted molar refractivity (Wildman–Crippen MR) is 65.5 cm³/mol. The van der Waals surface area contributed by atoms with Crippen molar-refractivity contribution in [3.8, 4) is 0 Å². The summed E-state index contributed by atoms with van der Waals surface area (Å²) < 4.78 is 0. The fourth-order valence-corrected chi connectivity index (χ4v) is 1.99. The number of carboxylic acid groups (broad SMARTS) is 1. The fourth-order valence-electron chi connectivity index (χ4n) is 1.99. The molecule has 0 atom stereocenters. The highest BCUT2D eigenvalue weighted by atomic mass is 16.4. The summed E-state index contributed by atoms with van der Waals surface area (Å²) in [7, 11) is 0. The number of allylic oxidation sites excluding steroid dienone is 3. The van der Waals surface area contributed by atoms with Gasteiger partial charge in [-0.1, -0.05) is 18.2 Å². The Kier molecular flexibility index (Phi) is 5.46. The second-order valence-electron chi connectivity index (χ2n) is 4.28. The summed E-state index contributed by atoms with van der Waals surface area (Å²) in [5.41, 5.74) is 0. The zero-order valence-corrected chi connectivity index (χ0v) is 10.1. The van der Waals surface area contributed by atoms with E-state index >= 15 is 0 Å². The third-order valence-corrected chi connectivity index (χ3v) is 2.97. The highest BCUT2D eigenvalue weighted by molar-refractivity contribution is 5.88. The largest absolute Gasteiger partial charge is 0.481 e. The molecule has 17 heavy (non-hydrogen) atoms. The summed E-state index contributed by atoms with van der Waals surface area (Å²) in [6.07, 6.45) is 9.63. The average molecular weight is 237 g/mol. The molecule has 0 saturated heterocycles. The fraction of sp³-hybridized carbons (Fsp3) is 0.538. The quantitative estimate of drug-likeness (QED) is 0.579. The molecule has 1 fully saturated rings. The van der Waals surface area contributed by atoms with Gasteiger partial charge in [-0.15, -0.1) is 0 Å². The first-order valence-electron chi connectivity index (χ1n) is 5.96. The zero-order chi connectivity index (χ0) is 12.7. The first kappa shape index (κ1) is 13.5. The van der Waals surface area contributed by atoms with E-state index in [1.165, 1.54) is 6.08 Å². The lowest BCUT2D eigenvalue weighted by atomic mass is 9.86. The third-order valence-electron chi connectivity index (χ3n) is 2.97. The Morgan fingerprint density at radius 2 is 1.82 bits per heavy atom. The van der Waals surface area contributed by atoms with Crippen LogP contribution in [0.1, 0.15) is 32.6 Å². The molecule has 1 saturated carbocycles. The molecular weight excluding hydrogens is 218 g/mol. The molecule has 2 N–H and O–H groups in total. The van der Waals surface area contributed by atoms with Crippen molar-refractivity contribution in [3.05, 3.63) is 24.3 Å². The van der Waals surface area contributed by atoms with Crippen LogP contribution in [0.25, 0.3) is 0 Å². The van der Waals surface area contributed by atoms with Gasteiger partial charge in [0, 0.05) is 12.1 Å². The van der Waals surface area contributed by atoms with Gasteiger partial charge in [-0.3, -0.25) is 9.59 Å². The highest BCUT2D eigenvalue weighted by Gasteiger charge is 2.26. The van der Waals surface area contributed by atoms with Gasteiger partial charge >= 0.3 is 5.97 Å². The van der Waals surface area contributed by atoms with Gasteiger partial charge in [0.05, 0.1) is 5.92 Å². The standard InChI is InChI=1S/C13H19NO3/c1-2-3-4-5-12(15)14-11-8-6-10(7-9-11)13(16)17/h2-5,10-11H,6-9H2,1H3,(H,14,15)(H,16,17)/b3-2+,5-4+. The molecular formula is C13H19NO3. The van der Waals surface area contributed by atoms with E-state index in [0.29, 0.717) is 12.8 Å². The summed E-state index contributed by atoms with van der Waals surface area (Å²) in [5.74, 6) is -1.06. The molecule has 0 heterocycles. The van der Waals surface area contributed by atoms with Gasteiger partial charge in [-0.2, -0.15) is 0 Å². The minimum absolute atomic E-state index is 0.109. The first-order chi connectivity index (χ1) is 8.13. The normalized spacial score (nSPS) is 25.2. The molecule has 1 aliphatic carbocycles. The van der Waals surface area contributed by atoms with Crippen LogP contribution in [-0.2, 0) is 9.59 Å². The molecule has 0 unspecified atom stereocenters. The second kappa shape index (κ2) is 6.89. The molecule has 4 heteroatoms. The van der Waals surface area contributed by atoms with E-state index in [2.05, 4.69) is 5.32 Å². The molecule has 1 rings (SSSR count). The van der Waals surface area contributed by atoms with Crippen molar-refractivity contribution in [1.29, 1.82) is 0 Å². The van der Waals surface area contributed by atoms with Crippen LogP contribution in [0.2, 0.25) is 0 Å². The molecule has 1 aliphatic rings. The van der Waals surface area contributed by atoms with Crippen molar-refractivity contribution in [2.75, 3.05) is 0 Å². The maximum absolute atomic E-state index is 11.5. The maximum Gasteiger partial charge on any atom is 0.306 e. The maximum atomic E-state index is 11.5. The predicted octanol–water partition coefficient (Wildman–Crippen LogP) is 1.88. The SMILES string of the molecule is C/C=C/C=C/C(=O)NC1CCC(C(=O)O)CC1. The molecule has 0 aromatic rings. The van der Waals surface area contributed by atoms with E-state index in [-0.39, 0.29) is 17.9 Å². The van der Waals surface area contributed by atoms with Crippen molar-refractivity contribution in [3.63, 3.8) is 0 Å². The Morgan fingerprint density at radius 3 is 2.35 bits per heavy atom. The molecule has 0 aromatic carbocycles. The molecule has 1 amide bonds. The Balaban J connectivity index is 2.30. The number of carbonyl (C=O) groups excluding carboxylic acids is 1. The first-order valence-corrected chi connectivity index (χ1v) is 5.96. The third kappa shape index (κ3) is 4.85.